The van der Waals surface area contributed by atoms with Crippen molar-refractivity contribution >= 4 is 28.3 Å². The number of rotatable bonds is 5. The van der Waals surface area contributed by atoms with E-state index in [0.717, 1.165) is 36.6 Å². The van der Waals surface area contributed by atoms with Gasteiger partial charge in [0.25, 0.3) is 5.91 Å². The number of anilines is 1. The van der Waals surface area contributed by atoms with E-state index in [2.05, 4.69) is 22.3 Å². The number of hydrogen-bond acceptors (Lipinski definition) is 5. The molecule has 136 valence electrons. The predicted molar refractivity (Wildman–Crippen MR) is 100 cm³/mol. The number of morpholine rings is 1. The third-order valence-corrected chi connectivity index (χ3v) is 5.97. The molecule has 5 N–H and O–H groups in total. The Kier molecular flexibility index (Phi) is 4.39. The fraction of sp³-hybridized carbons (Fsp3) is 0.333. The number of nitrogens with one attached hydrogen (secondary N) is 1. The Balaban J connectivity index is 1.51. The highest BCUT2D eigenvalue weighted by Crippen LogP contribution is 2.36. The zero-order chi connectivity index (χ0) is 18.3. The average Bonchev–Trinajstić information content (AvgIpc) is 3.30. The second-order valence-electron chi connectivity index (χ2n) is 6.68. The molecular formula is C18H20N4O3S. The van der Waals surface area contributed by atoms with Crippen LogP contribution >= 0.6 is 11.3 Å². The monoisotopic (exact) mass is 372 g/mol. The molecule has 2 fully saturated rings. The van der Waals surface area contributed by atoms with Crippen molar-refractivity contribution in [3.63, 3.8) is 0 Å². The lowest BCUT2D eigenvalue weighted by Gasteiger charge is -2.26. The van der Waals surface area contributed by atoms with Crippen LogP contribution in [0.15, 0.2) is 30.3 Å². The first kappa shape index (κ1) is 17.0. The van der Waals surface area contributed by atoms with Crippen molar-refractivity contribution < 1.29 is 14.3 Å². The van der Waals surface area contributed by atoms with Crippen LogP contribution in [0.2, 0.25) is 0 Å². The van der Waals surface area contributed by atoms with Gasteiger partial charge < -0.3 is 16.2 Å². The summed E-state index contributed by atoms with van der Waals surface area (Å²) >= 11 is 1.28. The number of amides is 3. The van der Waals surface area contributed by atoms with Gasteiger partial charge >= 0.3 is 6.03 Å². The van der Waals surface area contributed by atoms with Crippen molar-refractivity contribution in [3.05, 3.63) is 41.5 Å². The van der Waals surface area contributed by atoms with E-state index in [0.29, 0.717) is 17.1 Å². The number of nitrogens with zero attached hydrogens (tertiary/aromatic N) is 1. The Bertz CT molecular complexity index is 849. The molecule has 1 aromatic carbocycles. The lowest BCUT2D eigenvalue weighted by atomic mass is 10.1. The number of hydrogen-bond donors (Lipinski definition) is 3. The van der Waals surface area contributed by atoms with Crippen LogP contribution < -0.4 is 16.8 Å². The summed E-state index contributed by atoms with van der Waals surface area (Å²) in [6.45, 7) is 2.75. The maximum Gasteiger partial charge on any atom is 0.317 e. The molecule has 2 aromatic rings. The Morgan fingerprint density at radius 1 is 1.27 bits per heavy atom. The van der Waals surface area contributed by atoms with Gasteiger partial charge in [-0.25, -0.2) is 4.79 Å². The normalized spacial score (nSPS) is 21.8. The minimum atomic E-state index is -0.722. The van der Waals surface area contributed by atoms with Crippen LogP contribution in [0.5, 0.6) is 0 Å². The minimum absolute atomic E-state index is 0.265. The van der Waals surface area contributed by atoms with Gasteiger partial charge in [0.1, 0.15) is 5.00 Å². The number of carbonyl (C=O) groups is 2. The molecule has 0 radical (unpaired) electrons. The molecule has 26 heavy (non-hydrogen) atoms. The predicted octanol–water partition coefficient (Wildman–Crippen LogP) is 1.98. The van der Waals surface area contributed by atoms with Crippen LogP contribution in [0.1, 0.15) is 22.3 Å². The number of carbonyl (C=O) groups excluding carboxylic acids is 2. The van der Waals surface area contributed by atoms with Crippen LogP contribution in [0.3, 0.4) is 0 Å². The quantitative estimate of drug-likeness (QED) is 0.745. The summed E-state index contributed by atoms with van der Waals surface area (Å²) in [6, 6.07) is 9.72. The first-order valence-corrected chi connectivity index (χ1v) is 9.26. The van der Waals surface area contributed by atoms with Crippen LogP contribution in [0.25, 0.3) is 10.4 Å². The van der Waals surface area contributed by atoms with E-state index in [9.17, 15) is 9.59 Å². The second kappa shape index (κ2) is 6.71. The molecule has 8 heteroatoms. The minimum Gasteiger partial charge on any atom is -0.375 e. The number of urea groups is 1. The molecule has 7 nitrogen and oxygen atoms in total. The summed E-state index contributed by atoms with van der Waals surface area (Å²) in [5, 5.41) is 2.83. The van der Waals surface area contributed by atoms with Crippen molar-refractivity contribution in [3.8, 4) is 10.4 Å². The molecule has 0 aliphatic carbocycles. The van der Waals surface area contributed by atoms with E-state index in [1.807, 2.05) is 12.1 Å². The van der Waals surface area contributed by atoms with Gasteiger partial charge in [-0.05, 0) is 23.6 Å². The summed E-state index contributed by atoms with van der Waals surface area (Å²) in [4.78, 5) is 26.0. The largest absolute Gasteiger partial charge is 0.375 e. The Hall–Kier alpha value is -2.42. The molecule has 3 heterocycles. The number of benzene rings is 1. The fourth-order valence-electron chi connectivity index (χ4n) is 3.60. The van der Waals surface area contributed by atoms with Gasteiger partial charge in [0.05, 0.1) is 18.3 Å². The van der Waals surface area contributed by atoms with Crippen molar-refractivity contribution in [2.45, 2.75) is 25.1 Å². The van der Waals surface area contributed by atoms with Gasteiger partial charge in [-0.2, -0.15) is 0 Å². The highest BCUT2D eigenvalue weighted by Gasteiger charge is 2.38. The molecule has 2 atom stereocenters. The molecule has 1 aromatic heterocycles. The number of fused-ring (bicyclic) bond motifs is 2. The SMILES string of the molecule is NC(=O)Nc1sc(-c2ccc(CN3CC4CC3CO4)cc2)cc1C(N)=O. The fourth-order valence-corrected chi connectivity index (χ4v) is 4.67. The molecule has 0 spiro atoms. The lowest BCUT2D eigenvalue weighted by Crippen LogP contribution is -2.36. The van der Waals surface area contributed by atoms with Crippen molar-refractivity contribution in [2.24, 2.45) is 11.5 Å². The third kappa shape index (κ3) is 3.31. The molecule has 3 amide bonds. The van der Waals surface area contributed by atoms with Gasteiger partial charge in [-0.15, -0.1) is 11.3 Å². The Morgan fingerprint density at radius 2 is 2.04 bits per heavy atom. The standard InChI is InChI=1S/C18H20N4O3S/c19-16(23)14-6-15(26-17(14)21-18(20)24)11-3-1-10(2-4-11)7-22-8-13-5-12(22)9-25-13/h1-4,6,12-13H,5,7-9H2,(H2,19,23)(H3,20,21,24). The van der Waals surface area contributed by atoms with E-state index >= 15 is 0 Å². The number of likely N-dealkylation sites (tertiary alicyclic amines) is 1. The van der Waals surface area contributed by atoms with E-state index < -0.39 is 11.9 Å². The number of primary amides is 2. The summed E-state index contributed by atoms with van der Waals surface area (Å²) in [7, 11) is 0. The van der Waals surface area contributed by atoms with Crippen molar-refractivity contribution in [1.29, 1.82) is 0 Å². The number of ether oxygens (including phenoxy) is 1. The molecular weight excluding hydrogens is 352 g/mol. The van der Waals surface area contributed by atoms with Gasteiger partial charge in [0.15, 0.2) is 0 Å². The van der Waals surface area contributed by atoms with Gasteiger partial charge in [-0.3, -0.25) is 15.0 Å². The van der Waals surface area contributed by atoms with Crippen LogP contribution in [-0.4, -0.2) is 42.1 Å². The van der Waals surface area contributed by atoms with E-state index in [1.54, 1.807) is 6.07 Å². The summed E-state index contributed by atoms with van der Waals surface area (Å²) in [6.07, 6.45) is 1.53. The van der Waals surface area contributed by atoms with Crippen LogP contribution in [0, 0.1) is 0 Å². The van der Waals surface area contributed by atoms with Crippen LogP contribution in [0.4, 0.5) is 9.80 Å². The van der Waals surface area contributed by atoms with Crippen molar-refractivity contribution in [2.75, 3.05) is 18.5 Å². The first-order chi connectivity index (χ1) is 12.5. The summed E-state index contributed by atoms with van der Waals surface area (Å²) < 4.78 is 5.64. The maximum atomic E-state index is 11.6. The van der Waals surface area contributed by atoms with E-state index in [1.165, 1.54) is 16.9 Å². The topological polar surface area (TPSA) is 111 Å². The molecule has 4 rings (SSSR count). The zero-order valence-electron chi connectivity index (χ0n) is 14.1. The molecule has 2 aliphatic rings. The summed E-state index contributed by atoms with van der Waals surface area (Å²) in [5.74, 6) is -0.598. The van der Waals surface area contributed by atoms with Gasteiger partial charge in [0.2, 0.25) is 0 Å². The average molecular weight is 372 g/mol. The van der Waals surface area contributed by atoms with Gasteiger partial charge in [-0.1, -0.05) is 24.3 Å². The first-order valence-electron chi connectivity index (χ1n) is 8.44. The second-order valence-corrected chi connectivity index (χ2v) is 7.73. The van der Waals surface area contributed by atoms with Crippen molar-refractivity contribution in [1.82, 2.24) is 4.90 Å². The molecule has 2 bridgehead atoms. The Morgan fingerprint density at radius 3 is 2.62 bits per heavy atom. The molecule has 0 saturated carbocycles. The zero-order valence-corrected chi connectivity index (χ0v) is 14.9. The van der Waals surface area contributed by atoms with Crippen LogP contribution in [-0.2, 0) is 11.3 Å². The summed E-state index contributed by atoms with van der Waals surface area (Å²) in [5.41, 5.74) is 13.0. The Labute approximate surface area is 154 Å². The van der Waals surface area contributed by atoms with E-state index in [4.69, 9.17) is 16.2 Å². The number of nitrogens with two attached hydrogens (primary N) is 2. The smallest absolute Gasteiger partial charge is 0.317 e. The maximum absolute atomic E-state index is 11.6. The highest BCUT2D eigenvalue weighted by atomic mass is 32.1. The van der Waals surface area contributed by atoms with E-state index in [-0.39, 0.29) is 5.56 Å². The third-order valence-electron chi connectivity index (χ3n) is 4.87. The lowest BCUT2D eigenvalue weighted by molar-refractivity contribution is 0.0273. The highest BCUT2D eigenvalue weighted by molar-refractivity contribution is 7.20. The molecule has 2 unspecified atom stereocenters. The van der Waals surface area contributed by atoms with Gasteiger partial charge in [0, 0.05) is 24.0 Å². The number of thiophene rings is 1. The molecule has 2 saturated heterocycles. The molecule has 2 aliphatic heterocycles.